The van der Waals surface area contributed by atoms with Crippen LogP contribution in [0.1, 0.15) is 27.2 Å². The van der Waals surface area contributed by atoms with Gasteiger partial charge in [-0.05, 0) is 51.5 Å². The number of aliphatic hydroxyl groups excluding tert-OH is 1. The molecule has 1 aromatic heterocycles. The monoisotopic (exact) mass is 314 g/mol. The van der Waals surface area contributed by atoms with E-state index in [9.17, 15) is 9.90 Å². The molecule has 1 N–H and O–H groups in total. The van der Waals surface area contributed by atoms with Gasteiger partial charge in [-0.3, -0.25) is 0 Å². The van der Waals surface area contributed by atoms with Crippen LogP contribution in [0.2, 0.25) is 0 Å². The zero-order valence-electron chi connectivity index (χ0n) is 13.7. The molecule has 0 aliphatic heterocycles. The lowest BCUT2D eigenvalue weighted by atomic mass is 10.1. The summed E-state index contributed by atoms with van der Waals surface area (Å²) in [5, 5.41) is 10.7. The molecule has 0 aliphatic carbocycles. The first-order chi connectivity index (χ1) is 10.9. The summed E-state index contributed by atoms with van der Waals surface area (Å²) in [7, 11) is 0. The van der Waals surface area contributed by atoms with Gasteiger partial charge < -0.3 is 14.3 Å². The number of rotatable bonds is 6. The summed E-state index contributed by atoms with van der Waals surface area (Å²) in [6.45, 7) is 6.29. The molecule has 23 heavy (non-hydrogen) atoms. The van der Waals surface area contributed by atoms with Crippen molar-refractivity contribution in [2.45, 2.75) is 33.3 Å². The maximum Gasteiger partial charge on any atom is 0.336 e. The molecule has 1 atom stereocenters. The minimum Gasteiger partial charge on any atom is -0.489 e. The molecule has 1 heterocycles. The first-order valence-corrected chi connectivity index (χ1v) is 7.59. The highest BCUT2D eigenvalue weighted by molar-refractivity contribution is 5.77. The maximum absolute atomic E-state index is 11.2. The second-order valence-corrected chi connectivity index (χ2v) is 5.83. The Morgan fingerprint density at radius 3 is 2.74 bits per heavy atom. The van der Waals surface area contributed by atoms with Gasteiger partial charge in [0.05, 0.1) is 6.10 Å². The van der Waals surface area contributed by atoms with Gasteiger partial charge >= 0.3 is 5.63 Å². The second-order valence-electron chi connectivity index (χ2n) is 5.83. The Labute approximate surface area is 135 Å². The van der Waals surface area contributed by atoms with Gasteiger partial charge in [0.1, 0.15) is 17.9 Å². The molecule has 1 unspecified atom stereocenters. The van der Waals surface area contributed by atoms with Crippen LogP contribution >= 0.6 is 0 Å². The van der Waals surface area contributed by atoms with Gasteiger partial charge in [0, 0.05) is 17.5 Å². The molecule has 1 aromatic carbocycles. The smallest absolute Gasteiger partial charge is 0.336 e. The van der Waals surface area contributed by atoms with Crippen LogP contribution in [0.4, 0.5) is 0 Å². The molecule has 0 amide bonds. The SMILES string of the molecule is CC(C)=CC(O)C/C(C)=C\COc1ccc2ccc(=O)oc2c1. The summed E-state index contributed by atoms with van der Waals surface area (Å²) in [4.78, 5) is 11.2. The number of ether oxygens (including phenoxy) is 1. The minimum atomic E-state index is -0.466. The first kappa shape index (κ1) is 17.0. The van der Waals surface area contributed by atoms with Gasteiger partial charge in [-0.25, -0.2) is 4.79 Å². The highest BCUT2D eigenvalue weighted by Crippen LogP contribution is 2.19. The molecule has 0 aliphatic rings. The van der Waals surface area contributed by atoms with Crippen molar-refractivity contribution in [3.05, 3.63) is 64.1 Å². The topological polar surface area (TPSA) is 59.7 Å². The van der Waals surface area contributed by atoms with Gasteiger partial charge in [-0.15, -0.1) is 0 Å². The maximum atomic E-state index is 11.2. The third-order valence-electron chi connectivity index (χ3n) is 3.33. The molecule has 0 fully saturated rings. The third-order valence-corrected chi connectivity index (χ3v) is 3.33. The standard InChI is InChI=1S/C19H22O4/c1-13(2)10-16(20)11-14(3)8-9-22-17-6-4-15-5-7-19(21)23-18(15)12-17/h4-8,10,12,16,20H,9,11H2,1-3H3/b14-8-. The van der Waals surface area contributed by atoms with Crippen LogP contribution in [-0.4, -0.2) is 17.8 Å². The van der Waals surface area contributed by atoms with Gasteiger partial charge in [0.2, 0.25) is 0 Å². The van der Waals surface area contributed by atoms with Crippen LogP contribution in [0.3, 0.4) is 0 Å². The third kappa shape index (κ3) is 5.42. The van der Waals surface area contributed by atoms with Crippen molar-refractivity contribution in [3.8, 4) is 5.75 Å². The zero-order valence-corrected chi connectivity index (χ0v) is 13.7. The highest BCUT2D eigenvalue weighted by atomic mass is 16.5. The van der Waals surface area contributed by atoms with Crippen LogP contribution < -0.4 is 10.4 Å². The van der Waals surface area contributed by atoms with E-state index in [1.807, 2.05) is 45.1 Å². The molecule has 0 saturated carbocycles. The summed E-state index contributed by atoms with van der Waals surface area (Å²) in [6.07, 6.45) is 3.89. The van der Waals surface area contributed by atoms with Crippen LogP contribution in [0.15, 0.2) is 62.8 Å². The Bertz CT molecular complexity index is 779. The number of fused-ring (bicyclic) bond motifs is 1. The van der Waals surface area contributed by atoms with E-state index in [0.29, 0.717) is 24.4 Å². The van der Waals surface area contributed by atoms with E-state index >= 15 is 0 Å². The second kappa shape index (κ2) is 7.79. The van der Waals surface area contributed by atoms with Crippen molar-refractivity contribution in [3.63, 3.8) is 0 Å². The van der Waals surface area contributed by atoms with Gasteiger partial charge in [0.15, 0.2) is 0 Å². The van der Waals surface area contributed by atoms with Crippen molar-refractivity contribution in [2.24, 2.45) is 0 Å². The average Bonchev–Trinajstić information content (AvgIpc) is 2.45. The van der Waals surface area contributed by atoms with Crippen molar-refractivity contribution in [2.75, 3.05) is 6.61 Å². The molecule has 0 saturated heterocycles. The molecule has 2 aromatic rings. The van der Waals surface area contributed by atoms with Crippen LogP contribution in [-0.2, 0) is 0 Å². The van der Waals surface area contributed by atoms with E-state index in [1.54, 1.807) is 12.1 Å². The molecule has 2 rings (SSSR count). The fraction of sp³-hybridized carbons (Fsp3) is 0.316. The van der Waals surface area contributed by atoms with E-state index < -0.39 is 6.10 Å². The number of hydrogen-bond donors (Lipinski definition) is 1. The van der Waals surface area contributed by atoms with E-state index in [4.69, 9.17) is 9.15 Å². The number of benzene rings is 1. The summed E-state index contributed by atoms with van der Waals surface area (Å²) in [5.41, 5.74) is 2.29. The first-order valence-electron chi connectivity index (χ1n) is 7.59. The quantitative estimate of drug-likeness (QED) is 0.650. The van der Waals surface area contributed by atoms with Crippen LogP contribution in [0, 0.1) is 0 Å². The number of allylic oxidation sites excluding steroid dienone is 1. The summed E-state index contributed by atoms with van der Waals surface area (Å²) < 4.78 is 10.8. The molecule has 0 radical (unpaired) electrons. The predicted octanol–water partition coefficient (Wildman–Crippen LogP) is 3.84. The van der Waals surface area contributed by atoms with Crippen LogP contribution in [0.25, 0.3) is 11.0 Å². The van der Waals surface area contributed by atoms with Crippen molar-refractivity contribution in [1.29, 1.82) is 0 Å². The number of hydrogen-bond acceptors (Lipinski definition) is 4. The van der Waals surface area contributed by atoms with Gasteiger partial charge in [-0.2, -0.15) is 0 Å². The molecule has 4 nitrogen and oxygen atoms in total. The van der Waals surface area contributed by atoms with E-state index in [0.717, 1.165) is 16.5 Å². The fourth-order valence-electron chi connectivity index (χ4n) is 2.27. The lowest BCUT2D eigenvalue weighted by Gasteiger charge is -2.08. The predicted molar refractivity (Wildman–Crippen MR) is 91.8 cm³/mol. The highest BCUT2D eigenvalue weighted by Gasteiger charge is 2.02. The summed E-state index contributed by atoms with van der Waals surface area (Å²) in [6, 6.07) is 8.51. The van der Waals surface area contributed by atoms with E-state index in [-0.39, 0.29) is 5.63 Å². The molecular formula is C19H22O4. The Morgan fingerprint density at radius 2 is 2.00 bits per heavy atom. The normalized spacial score (nSPS) is 13.0. The Kier molecular flexibility index (Phi) is 5.77. The Balaban J connectivity index is 1.96. The molecule has 0 spiro atoms. The van der Waals surface area contributed by atoms with Gasteiger partial charge in [0.25, 0.3) is 0 Å². The van der Waals surface area contributed by atoms with E-state index in [2.05, 4.69) is 0 Å². The zero-order chi connectivity index (χ0) is 16.8. The van der Waals surface area contributed by atoms with Crippen molar-refractivity contribution < 1.29 is 14.3 Å². The molecule has 0 bridgehead atoms. The fourth-order valence-corrected chi connectivity index (χ4v) is 2.27. The summed E-state index contributed by atoms with van der Waals surface area (Å²) >= 11 is 0. The summed E-state index contributed by atoms with van der Waals surface area (Å²) in [5.74, 6) is 0.640. The van der Waals surface area contributed by atoms with Crippen molar-refractivity contribution >= 4 is 11.0 Å². The molecule has 4 heteroatoms. The van der Waals surface area contributed by atoms with E-state index in [1.165, 1.54) is 6.07 Å². The minimum absolute atomic E-state index is 0.376. The number of aliphatic hydroxyl groups is 1. The van der Waals surface area contributed by atoms with Crippen LogP contribution in [0.5, 0.6) is 5.75 Å². The largest absolute Gasteiger partial charge is 0.489 e. The Hall–Kier alpha value is -2.33. The average molecular weight is 314 g/mol. The Morgan fingerprint density at radius 1 is 1.26 bits per heavy atom. The van der Waals surface area contributed by atoms with Gasteiger partial charge in [-0.1, -0.05) is 17.2 Å². The molecule has 122 valence electrons. The lowest BCUT2D eigenvalue weighted by molar-refractivity contribution is 0.222. The van der Waals surface area contributed by atoms with Crippen molar-refractivity contribution in [1.82, 2.24) is 0 Å². The molecular weight excluding hydrogens is 292 g/mol. The lowest BCUT2D eigenvalue weighted by Crippen LogP contribution is -2.04.